The molecule has 1 aromatic heterocycles. The van der Waals surface area contributed by atoms with Crippen LogP contribution in [0.3, 0.4) is 0 Å². The highest BCUT2D eigenvalue weighted by Crippen LogP contribution is 2.40. The van der Waals surface area contributed by atoms with Crippen molar-refractivity contribution in [1.82, 2.24) is 4.57 Å². The smallest absolute Gasteiger partial charge is 0.244 e. The van der Waals surface area contributed by atoms with Gasteiger partial charge in [0.1, 0.15) is 0 Å². The van der Waals surface area contributed by atoms with Crippen LogP contribution in [0.1, 0.15) is 12.8 Å². The van der Waals surface area contributed by atoms with E-state index in [1.165, 1.54) is 28.1 Å². The van der Waals surface area contributed by atoms with Gasteiger partial charge >= 0.3 is 0 Å². The van der Waals surface area contributed by atoms with E-state index in [1.54, 1.807) is 0 Å². The summed E-state index contributed by atoms with van der Waals surface area (Å²) in [7, 11) is 0. The third kappa shape index (κ3) is 3.81. The van der Waals surface area contributed by atoms with Gasteiger partial charge in [-0.25, -0.2) is 0 Å². The average Bonchev–Trinajstić information content (AvgIpc) is 3.47. The molecule has 6 rings (SSSR count). The van der Waals surface area contributed by atoms with Gasteiger partial charge in [-0.05, 0) is 37.1 Å². The summed E-state index contributed by atoms with van der Waals surface area (Å²) in [5.74, 6) is 0. The second-order valence-electron chi connectivity index (χ2n) is 8.78. The summed E-state index contributed by atoms with van der Waals surface area (Å²) < 4.78 is 4.44. The van der Waals surface area contributed by atoms with Crippen LogP contribution in [0.4, 0.5) is 17.1 Å². The molecule has 0 atom stereocenters. The molecule has 0 saturated heterocycles. The van der Waals surface area contributed by atoms with Gasteiger partial charge in [-0.15, -0.1) is 0 Å². The number of fused-ring (bicyclic) bond motifs is 2. The lowest BCUT2D eigenvalue weighted by Gasteiger charge is -2.21. The number of aromatic nitrogens is 2. The van der Waals surface area contributed by atoms with Gasteiger partial charge < -0.3 is 18.9 Å². The molecule has 0 unspecified atom stereocenters. The first-order valence-corrected chi connectivity index (χ1v) is 12.0. The minimum atomic E-state index is 0.899. The number of aryl methyl sites for hydroxylation is 1. The lowest BCUT2D eigenvalue weighted by Crippen LogP contribution is -2.34. The van der Waals surface area contributed by atoms with E-state index in [0.717, 1.165) is 38.3 Å². The zero-order valence-electron chi connectivity index (χ0n) is 19.2. The molecule has 0 aliphatic carbocycles. The Morgan fingerprint density at radius 1 is 0.647 bits per heavy atom. The second kappa shape index (κ2) is 9.06. The third-order valence-electron chi connectivity index (χ3n) is 6.60. The molecule has 4 nitrogen and oxygen atoms in total. The van der Waals surface area contributed by atoms with Crippen LogP contribution in [-0.4, -0.2) is 17.8 Å². The molecular weight excluding hydrogens is 416 g/mol. The molecule has 2 heterocycles. The Labute approximate surface area is 200 Å². The SMILES string of the molecule is [c-]1n(-c2ccccc2)c2ccccc2[n+]1CCCCN1CN(c2ccccc2)c2ccccc21. The maximum Gasteiger partial charge on any atom is 0.244 e. The minimum absolute atomic E-state index is 0.899. The molecule has 4 aromatic carbocycles. The predicted molar refractivity (Wildman–Crippen MR) is 139 cm³/mol. The molecule has 0 amide bonds. The number of imidazole rings is 1. The Morgan fingerprint density at radius 3 is 2.09 bits per heavy atom. The number of unbranched alkanes of at least 4 members (excludes halogenated alkanes) is 1. The summed E-state index contributed by atoms with van der Waals surface area (Å²) in [6.07, 6.45) is 5.82. The van der Waals surface area contributed by atoms with Crippen LogP contribution in [0.15, 0.2) is 109 Å². The highest BCUT2D eigenvalue weighted by molar-refractivity contribution is 5.82. The van der Waals surface area contributed by atoms with Gasteiger partial charge in [0.15, 0.2) is 0 Å². The van der Waals surface area contributed by atoms with Crippen LogP contribution < -0.4 is 14.4 Å². The summed E-state index contributed by atoms with van der Waals surface area (Å²) in [6.45, 7) is 2.90. The molecule has 5 aromatic rings. The van der Waals surface area contributed by atoms with Crippen LogP contribution in [0.25, 0.3) is 16.7 Å². The predicted octanol–water partition coefficient (Wildman–Crippen LogP) is 6.11. The van der Waals surface area contributed by atoms with Crippen molar-refractivity contribution in [2.75, 3.05) is 23.0 Å². The molecular formula is C30H28N4. The molecule has 1 aliphatic heterocycles. The van der Waals surface area contributed by atoms with Gasteiger partial charge in [-0.1, -0.05) is 84.9 Å². The topological polar surface area (TPSA) is 15.3 Å². The Kier molecular flexibility index (Phi) is 5.48. The van der Waals surface area contributed by atoms with Crippen LogP contribution in [0.5, 0.6) is 0 Å². The quantitative estimate of drug-likeness (QED) is 0.171. The Hall–Kier alpha value is -4.05. The first-order valence-electron chi connectivity index (χ1n) is 12.0. The molecule has 168 valence electrons. The summed E-state index contributed by atoms with van der Waals surface area (Å²) in [5, 5.41) is 0. The third-order valence-corrected chi connectivity index (χ3v) is 6.60. The van der Waals surface area contributed by atoms with Gasteiger partial charge in [0.05, 0.1) is 41.3 Å². The molecule has 0 saturated carbocycles. The lowest BCUT2D eigenvalue weighted by molar-refractivity contribution is -0.676. The number of hydrogen-bond acceptors (Lipinski definition) is 2. The Morgan fingerprint density at radius 2 is 1.29 bits per heavy atom. The van der Waals surface area contributed by atoms with Crippen LogP contribution >= 0.6 is 0 Å². The van der Waals surface area contributed by atoms with Crippen LogP contribution in [0, 0.1) is 6.33 Å². The molecule has 0 fully saturated rings. The summed E-state index contributed by atoms with van der Waals surface area (Å²) in [6, 6.07) is 38.5. The monoisotopic (exact) mass is 444 g/mol. The van der Waals surface area contributed by atoms with Gasteiger partial charge in [0.25, 0.3) is 0 Å². The van der Waals surface area contributed by atoms with E-state index in [-0.39, 0.29) is 0 Å². The fourth-order valence-electron chi connectivity index (χ4n) is 4.93. The van der Waals surface area contributed by atoms with Gasteiger partial charge in [-0.3, -0.25) is 0 Å². The van der Waals surface area contributed by atoms with Crippen molar-refractivity contribution in [1.29, 1.82) is 0 Å². The Bertz CT molecular complexity index is 1390. The molecule has 0 N–H and O–H groups in total. The van der Waals surface area contributed by atoms with Crippen LogP contribution in [0.2, 0.25) is 0 Å². The normalized spacial score (nSPS) is 12.9. The fourth-order valence-corrected chi connectivity index (χ4v) is 4.93. The summed E-state index contributed by atoms with van der Waals surface area (Å²) in [4.78, 5) is 4.91. The van der Waals surface area contributed by atoms with E-state index in [1.807, 2.05) is 0 Å². The zero-order chi connectivity index (χ0) is 22.7. The number of rotatable bonds is 7. The zero-order valence-corrected chi connectivity index (χ0v) is 19.2. The van der Waals surface area contributed by atoms with E-state index >= 15 is 0 Å². The Balaban J connectivity index is 1.16. The molecule has 0 spiro atoms. The van der Waals surface area contributed by atoms with E-state index in [4.69, 9.17) is 0 Å². The molecule has 1 aliphatic rings. The van der Waals surface area contributed by atoms with Crippen molar-refractivity contribution in [3.8, 4) is 5.69 Å². The molecule has 4 heteroatoms. The first kappa shape index (κ1) is 20.5. The van der Waals surface area contributed by atoms with Crippen molar-refractivity contribution in [2.45, 2.75) is 19.4 Å². The van der Waals surface area contributed by atoms with Gasteiger partial charge in [0.2, 0.25) is 6.33 Å². The number of nitrogens with zero attached hydrogens (tertiary/aromatic N) is 4. The fraction of sp³-hybridized carbons (Fsp3) is 0.167. The number of benzene rings is 4. The highest BCUT2D eigenvalue weighted by atomic mass is 15.4. The largest absolute Gasteiger partial charge is 0.352 e. The van der Waals surface area contributed by atoms with Crippen LogP contribution in [-0.2, 0) is 6.54 Å². The van der Waals surface area contributed by atoms with E-state index in [0.29, 0.717) is 0 Å². The summed E-state index contributed by atoms with van der Waals surface area (Å²) in [5.41, 5.74) is 7.44. The standard InChI is InChI=1S/C30H28N4/c1-3-13-25(14-4-1)33-23-31(27-17-7-9-19-29(27)33)21-11-12-22-32-24-34(26-15-5-2-6-16-26)30-20-10-8-18-28(30)32/h1-10,13-20H,11-12,21-23H2. The molecule has 0 bridgehead atoms. The molecule has 34 heavy (non-hydrogen) atoms. The number of para-hydroxylation sites is 6. The van der Waals surface area contributed by atoms with Crippen molar-refractivity contribution < 1.29 is 4.57 Å². The van der Waals surface area contributed by atoms with Gasteiger partial charge in [0, 0.05) is 12.2 Å². The maximum atomic E-state index is 3.59. The van der Waals surface area contributed by atoms with E-state index in [2.05, 4.69) is 134 Å². The van der Waals surface area contributed by atoms with E-state index < -0.39 is 0 Å². The van der Waals surface area contributed by atoms with Crippen molar-refractivity contribution in [2.24, 2.45) is 0 Å². The van der Waals surface area contributed by atoms with Crippen molar-refractivity contribution >= 4 is 28.1 Å². The average molecular weight is 445 g/mol. The highest BCUT2D eigenvalue weighted by Gasteiger charge is 2.25. The van der Waals surface area contributed by atoms with Crippen molar-refractivity contribution in [3.63, 3.8) is 0 Å². The summed E-state index contributed by atoms with van der Waals surface area (Å²) >= 11 is 0. The van der Waals surface area contributed by atoms with Gasteiger partial charge in [-0.2, -0.15) is 0 Å². The van der Waals surface area contributed by atoms with Crippen molar-refractivity contribution in [3.05, 3.63) is 116 Å². The number of anilines is 3. The minimum Gasteiger partial charge on any atom is -0.352 e. The second-order valence-corrected chi connectivity index (χ2v) is 8.78. The maximum absolute atomic E-state index is 3.59. The lowest BCUT2D eigenvalue weighted by atomic mass is 10.2. The number of hydrogen-bond donors (Lipinski definition) is 0. The molecule has 0 radical (unpaired) electrons. The van der Waals surface area contributed by atoms with E-state index in [9.17, 15) is 0 Å². The first-order chi connectivity index (χ1) is 16.9.